The summed E-state index contributed by atoms with van der Waals surface area (Å²) in [5, 5.41) is 12.6. The van der Waals surface area contributed by atoms with E-state index in [1.165, 1.54) is 12.8 Å². The molecule has 0 aliphatic rings. The van der Waals surface area contributed by atoms with Gasteiger partial charge in [0.15, 0.2) is 0 Å². The quantitative estimate of drug-likeness (QED) is 0.575. The zero-order chi connectivity index (χ0) is 12.5. The monoisotopic (exact) mass is 248 g/mol. The number of hydrogen-bond donors (Lipinski definition) is 1. The minimum Gasteiger partial charge on any atom is -0.384 e. The Morgan fingerprint density at radius 2 is 2.18 bits per heavy atom. The lowest BCUT2D eigenvalue weighted by Gasteiger charge is -2.08. The number of rotatable bonds is 7. The van der Waals surface area contributed by atoms with Crippen molar-refractivity contribution in [1.82, 2.24) is 0 Å². The molecule has 0 spiro atoms. The van der Waals surface area contributed by atoms with E-state index in [9.17, 15) is 0 Å². The Bertz CT molecular complexity index is 407. The van der Waals surface area contributed by atoms with Gasteiger partial charge in [0.2, 0.25) is 0 Å². The van der Waals surface area contributed by atoms with Crippen molar-refractivity contribution < 1.29 is 0 Å². The summed E-state index contributed by atoms with van der Waals surface area (Å²) < 4.78 is 0. The topological polar surface area (TPSA) is 35.8 Å². The molecule has 0 atom stereocenters. The summed E-state index contributed by atoms with van der Waals surface area (Å²) in [5.41, 5.74) is 1.49. The minimum absolute atomic E-state index is 0.589. The van der Waals surface area contributed by atoms with Crippen LogP contribution in [-0.2, 0) is 0 Å². The van der Waals surface area contributed by atoms with E-state index in [2.05, 4.69) is 18.0 Å². The van der Waals surface area contributed by atoms with E-state index in [0.29, 0.717) is 10.6 Å². The Morgan fingerprint density at radius 1 is 1.35 bits per heavy atom. The Balaban J connectivity index is 2.32. The molecule has 2 nitrogen and oxygen atoms in total. The maximum absolute atomic E-state index is 8.71. The molecule has 1 rings (SSSR count). The summed E-state index contributed by atoms with van der Waals surface area (Å²) >= 11 is 6.04. The molecule has 0 heterocycles. The van der Waals surface area contributed by atoms with Crippen LogP contribution < -0.4 is 5.32 Å². The number of nitrogens with one attached hydrogen (secondary N) is 1. The second kappa shape index (κ2) is 7.76. The molecule has 0 bridgehead atoms. The van der Waals surface area contributed by atoms with Crippen molar-refractivity contribution in [3.05, 3.63) is 41.4 Å². The largest absolute Gasteiger partial charge is 0.384 e. The average Bonchev–Trinajstić information content (AvgIpc) is 2.35. The zero-order valence-corrected chi connectivity index (χ0v) is 10.6. The normalized spacial score (nSPS) is 9.65. The number of nitrogens with zero attached hydrogens (tertiary/aromatic N) is 1. The van der Waals surface area contributed by atoms with Crippen LogP contribution in [0.5, 0.6) is 0 Å². The standard InChI is InChI=1S/C14H17ClN2/c1-2-3-4-5-6-9-17-14-8-7-12(11-16)10-13(14)15/h2,7-8,10,17H,1,3-6,9H2. The number of anilines is 1. The smallest absolute Gasteiger partial charge is 0.0992 e. The molecule has 0 saturated heterocycles. The predicted octanol–water partition coefficient (Wildman–Crippen LogP) is 4.37. The second-order valence-corrected chi connectivity index (χ2v) is 4.28. The fourth-order valence-electron chi connectivity index (χ4n) is 1.54. The van der Waals surface area contributed by atoms with E-state index in [0.717, 1.165) is 25.1 Å². The molecular formula is C14H17ClN2. The van der Waals surface area contributed by atoms with Gasteiger partial charge in [0.05, 0.1) is 22.3 Å². The Hall–Kier alpha value is -1.46. The van der Waals surface area contributed by atoms with Crippen LogP contribution in [0.2, 0.25) is 5.02 Å². The van der Waals surface area contributed by atoms with Gasteiger partial charge in [-0.2, -0.15) is 5.26 Å². The first kappa shape index (κ1) is 13.6. The van der Waals surface area contributed by atoms with Crippen LogP contribution in [-0.4, -0.2) is 6.54 Å². The fourth-order valence-corrected chi connectivity index (χ4v) is 1.79. The molecule has 0 amide bonds. The van der Waals surface area contributed by atoms with Gasteiger partial charge in [-0.05, 0) is 37.5 Å². The molecular weight excluding hydrogens is 232 g/mol. The summed E-state index contributed by atoms with van der Waals surface area (Å²) in [6.07, 6.45) is 6.52. The van der Waals surface area contributed by atoms with E-state index in [1.807, 2.05) is 12.1 Å². The lowest BCUT2D eigenvalue weighted by atomic mass is 10.2. The van der Waals surface area contributed by atoms with Crippen molar-refractivity contribution in [1.29, 1.82) is 5.26 Å². The highest BCUT2D eigenvalue weighted by Crippen LogP contribution is 2.22. The van der Waals surface area contributed by atoms with E-state index in [4.69, 9.17) is 16.9 Å². The first-order chi connectivity index (χ1) is 8.27. The molecule has 3 heteroatoms. The van der Waals surface area contributed by atoms with Gasteiger partial charge >= 0.3 is 0 Å². The number of unbranched alkanes of at least 4 members (excludes halogenated alkanes) is 3. The first-order valence-electron chi connectivity index (χ1n) is 5.82. The van der Waals surface area contributed by atoms with Gasteiger partial charge in [-0.25, -0.2) is 0 Å². The maximum Gasteiger partial charge on any atom is 0.0992 e. The molecule has 0 saturated carbocycles. The lowest BCUT2D eigenvalue weighted by Crippen LogP contribution is -2.01. The molecule has 1 aromatic rings. The molecule has 1 N–H and O–H groups in total. The molecule has 17 heavy (non-hydrogen) atoms. The summed E-state index contributed by atoms with van der Waals surface area (Å²) in [6, 6.07) is 7.37. The van der Waals surface area contributed by atoms with Crippen LogP contribution in [0.3, 0.4) is 0 Å². The third-order valence-corrected chi connectivity index (χ3v) is 2.81. The summed E-state index contributed by atoms with van der Waals surface area (Å²) in [5.74, 6) is 0. The highest BCUT2D eigenvalue weighted by atomic mass is 35.5. The molecule has 0 fully saturated rings. The number of allylic oxidation sites excluding steroid dienone is 1. The van der Waals surface area contributed by atoms with Crippen LogP contribution in [0.25, 0.3) is 0 Å². The summed E-state index contributed by atoms with van der Waals surface area (Å²) in [4.78, 5) is 0. The van der Waals surface area contributed by atoms with E-state index >= 15 is 0 Å². The van der Waals surface area contributed by atoms with Gasteiger partial charge in [-0.3, -0.25) is 0 Å². The van der Waals surface area contributed by atoms with Gasteiger partial charge in [-0.1, -0.05) is 24.1 Å². The molecule has 0 unspecified atom stereocenters. The van der Waals surface area contributed by atoms with Crippen molar-refractivity contribution in [2.45, 2.75) is 25.7 Å². The van der Waals surface area contributed by atoms with Crippen LogP contribution in [0, 0.1) is 11.3 Å². The highest BCUT2D eigenvalue weighted by molar-refractivity contribution is 6.33. The van der Waals surface area contributed by atoms with Gasteiger partial charge < -0.3 is 5.32 Å². The first-order valence-corrected chi connectivity index (χ1v) is 6.20. The second-order valence-electron chi connectivity index (χ2n) is 3.87. The average molecular weight is 249 g/mol. The number of benzene rings is 1. The minimum atomic E-state index is 0.589. The highest BCUT2D eigenvalue weighted by Gasteiger charge is 2.00. The van der Waals surface area contributed by atoms with Gasteiger partial charge in [-0.15, -0.1) is 6.58 Å². The number of nitriles is 1. The molecule has 0 aliphatic heterocycles. The van der Waals surface area contributed by atoms with Crippen LogP contribution >= 0.6 is 11.6 Å². The number of halogens is 1. The van der Waals surface area contributed by atoms with Crippen molar-refractivity contribution in [2.75, 3.05) is 11.9 Å². The van der Waals surface area contributed by atoms with E-state index < -0.39 is 0 Å². The van der Waals surface area contributed by atoms with Crippen molar-refractivity contribution in [2.24, 2.45) is 0 Å². The summed E-state index contributed by atoms with van der Waals surface area (Å²) in [6.45, 7) is 4.60. The Kier molecular flexibility index (Phi) is 6.21. The third-order valence-electron chi connectivity index (χ3n) is 2.50. The maximum atomic E-state index is 8.71. The van der Waals surface area contributed by atoms with Crippen LogP contribution in [0.4, 0.5) is 5.69 Å². The van der Waals surface area contributed by atoms with Crippen molar-refractivity contribution in [3.8, 4) is 6.07 Å². The predicted molar refractivity (Wildman–Crippen MR) is 73.3 cm³/mol. The van der Waals surface area contributed by atoms with Gasteiger partial charge in [0.25, 0.3) is 0 Å². The van der Waals surface area contributed by atoms with Gasteiger partial charge in [0.1, 0.15) is 0 Å². The Labute approximate surface area is 108 Å². The van der Waals surface area contributed by atoms with Crippen molar-refractivity contribution in [3.63, 3.8) is 0 Å². The molecule has 0 aromatic heterocycles. The number of hydrogen-bond acceptors (Lipinski definition) is 2. The lowest BCUT2D eigenvalue weighted by molar-refractivity contribution is 0.709. The molecule has 1 aromatic carbocycles. The zero-order valence-electron chi connectivity index (χ0n) is 9.88. The van der Waals surface area contributed by atoms with E-state index in [1.54, 1.807) is 12.1 Å². The molecule has 90 valence electrons. The molecule has 0 aliphatic carbocycles. The van der Waals surface area contributed by atoms with E-state index in [-0.39, 0.29) is 0 Å². The van der Waals surface area contributed by atoms with Crippen LogP contribution in [0.15, 0.2) is 30.9 Å². The van der Waals surface area contributed by atoms with Crippen molar-refractivity contribution >= 4 is 17.3 Å². The van der Waals surface area contributed by atoms with Crippen LogP contribution in [0.1, 0.15) is 31.2 Å². The molecule has 0 radical (unpaired) electrons. The van der Waals surface area contributed by atoms with Gasteiger partial charge in [0, 0.05) is 6.54 Å². The third kappa shape index (κ3) is 4.93. The summed E-state index contributed by atoms with van der Waals surface area (Å²) in [7, 11) is 0. The fraction of sp³-hybridized carbons (Fsp3) is 0.357. The SMILES string of the molecule is C=CCCCCCNc1ccc(C#N)cc1Cl. The Morgan fingerprint density at radius 3 is 2.82 bits per heavy atom.